The molecule has 0 aliphatic carbocycles. The van der Waals surface area contributed by atoms with Crippen molar-refractivity contribution in [2.75, 3.05) is 13.1 Å². The minimum absolute atomic E-state index is 0.0550. The van der Waals surface area contributed by atoms with Crippen molar-refractivity contribution in [2.45, 2.75) is 38.0 Å². The van der Waals surface area contributed by atoms with Crippen LogP contribution in [0.15, 0.2) is 60.7 Å². The zero-order valence-electron chi connectivity index (χ0n) is 21.8. The molecule has 5 amide bonds. The molecule has 1 N–H and O–H groups in total. The first-order valence-corrected chi connectivity index (χ1v) is 13.2. The molecule has 3 aromatic rings. The second kappa shape index (κ2) is 10.4. The molecule has 8 nitrogen and oxygen atoms in total. The van der Waals surface area contributed by atoms with Crippen molar-refractivity contribution >= 4 is 23.8 Å². The summed E-state index contributed by atoms with van der Waals surface area (Å²) in [6.07, 6.45) is 0.259. The van der Waals surface area contributed by atoms with Crippen LogP contribution in [0.2, 0.25) is 0 Å². The predicted molar refractivity (Wildman–Crippen MR) is 140 cm³/mol. The molecule has 0 saturated carbocycles. The first-order chi connectivity index (χ1) is 19.7. The van der Waals surface area contributed by atoms with Gasteiger partial charge in [0.25, 0.3) is 5.91 Å². The summed E-state index contributed by atoms with van der Waals surface area (Å²) in [5, 5.41) is 2.22. The highest BCUT2D eigenvalue weighted by molar-refractivity contribution is 6.05. The van der Waals surface area contributed by atoms with E-state index < -0.39 is 47.3 Å². The molecule has 3 heterocycles. The van der Waals surface area contributed by atoms with Gasteiger partial charge in [0.1, 0.15) is 23.5 Å². The molecule has 2 fully saturated rings. The Kier molecular flexibility index (Phi) is 6.72. The normalized spacial score (nSPS) is 18.9. The van der Waals surface area contributed by atoms with Gasteiger partial charge in [0, 0.05) is 36.2 Å². The van der Waals surface area contributed by atoms with Crippen LogP contribution >= 0.6 is 0 Å². The third-order valence-corrected chi connectivity index (χ3v) is 7.90. The molecule has 11 heteroatoms. The van der Waals surface area contributed by atoms with Gasteiger partial charge >= 0.3 is 6.03 Å². The van der Waals surface area contributed by atoms with Crippen LogP contribution in [-0.4, -0.2) is 57.6 Å². The Morgan fingerprint density at radius 1 is 0.829 bits per heavy atom. The fraction of sp³-hybridized carbons (Fsp3) is 0.267. The molecule has 6 rings (SSSR count). The molecule has 0 spiro atoms. The van der Waals surface area contributed by atoms with Gasteiger partial charge in [0.2, 0.25) is 11.8 Å². The van der Waals surface area contributed by atoms with Gasteiger partial charge in [-0.1, -0.05) is 30.3 Å². The van der Waals surface area contributed by atoms with Crippen LogP contribution in [0.3, 0.4) is 0 Å². The Morgan fingerprint density at radius 3 is 2.07 bits per heavy atom. The molecule has 41 heavy (non-hydrogen) atoms. The molecule has 1 unspecified atom stereocenters. The summed E-state index contributed by atoms with van der Waals surface area (Å²) >= 11 is 0. The lowest BCUT2D eigenvalue weighted by molar-refractivity contribution is -0.136. The van der Waals surface area contributed by atoms with Crippen molar-refractivity contribution in [1.29, 1.82) is 0 Å². The first-order valence-electron chi connectivity index (χ1n) is 13.2. The smallest absolute Gasteiger partial charge is 0.321 e. The van der Waals surface area contributed by atoms with Gasteiger partial charge in [0.15, 0.2) is 0 Å². The Balaban J connectivity index is 1.23. The van der Waals surface area contributed by atoms with Gasteiger partial charge in [-0.15, -0.1) is 0 Å². The summed E-state index contributed by atoms with van der Waals surface area (Å²) in [4.78, 5) is 54.8. The van der Waals surface area contributed by atoms with Crippen LogP contribution in [-0.2, 0) is 22.7 Å². The first kappa shape index (κ1) is 26.5. The van der Waals surface area contributed by atoms with Crippen molar-refractivity contribution in [1.82, 2.24) is 20.0 Å². The van der Waals surface area contributed by atoms with Crippen LogP contribution in [0.5, 0.6) is 0 Å². The molecule has 0 bridgehead atoms. The Labute approximate surface area is 233 Å². The van der Waals surface area contributed by atoms with Gasteiger partial charge < -0.3 is 14.7 Å². The number of amides is 5. The molecule has 0 aromatic heterocycles. The molecular weight excluding hydrogens is 537 g/mol. The van der Waals surface area contributed by atoms with Crippen LogP contribution in [0.25, 0.3) is 0 Å². The number of rotatable bonds is 6. The monoisotopic (exact) mass is 562 g/mol. The zero-order chi connectivity index (χ0) is 28.8. The fourth-order valence-corrected chi connectivity index (χ4v) is 5.81. The van der Waals surface area contributed by atoms with E-state index in [0.717, 1.165) is 0 Å². The average molecular weight is 563 g/mol. The number of benzene rings is 3. The van der Waals surface area contributed by atoms with Gasteiger partial charge in [-0.3, -0.25) is 19.7 Å². The van der Waals surface area contributed by atoms with Crippen LogP contribution in [0.1, 0.15) is 51.5 Å². The number of imide groups is 1. The summed E-state index contributed by atoms with van der Waals surface area (Å²) < 4.78 is 43.0. The molecule has 3 aromatic carbocycles. The maximum absolute atomic E-state index is 15.7. The number of nitrogens with zero attached hydrogens (tertiary/aromatic N) is 3. The Bertz CT molecular complexity index is 1520. The molecule has 210 valence electrons. The molecule has 1 atom stereocenters. The van der Waals surface area contributed by atoms with Gasteiger partial charge in [0.05, 0.1) is 19.1 Å². The number of halogens is 3. The van der Waals surface area contributed by atoms with E-state index in [1.54, 1.807) is 29.2 Å². The van der Waals surface area contributed by atoms with Crippen LogP contribution in [0, 0.1) is 17.5 Å². The quantitative estimate of drug-likeness (QED) is 0.462. The summed E-state index contributed by atoms with van der Waals surface area (Å²) in [5.74, 6) is -2.95. The highest BCUT2D eigenvalue weighted by Crippen LogP contribution is 2.34. The number of hydrogen-bond acceptors (Lipinski definition) is 4. The average Bonchev–Trinajstić information content (AvgIpc) is 3.48. The zero-order valence-corrected chi connectivity index (χ0v) is 21.8. The molecule has 0 radical (unpaired) electrons. The predicted octanol–water partition coefficient (Wildman–Crippen LogP) is 3.89. The van der Waals surface area contributed by atoms with Crippen molar-refractivity contribution < 1.29 is 32.3 Å². The molecule has 3 aliphatic heterocycles. The third kappa shape index (κ3) is 4.81. The van der Waals surface area contributed by atoms with E-state index in [4.69, 9.17) is 0 Å². The van der Waals surface area contributed by atoms with Crippen molar-refractivity contribution in [3.63, 3.8) is 0 Å². The summed E-state index contributed by atoms with van der Waals surface area (Å²) in [5.41, 5.74) is 1.80. The summed E-state index contributed by atoms with van der Waals surface area (Å²) in [7, 11) is 0. The largest absolute Gasteiger partial charge is 0.322 e. The number of carbonyl (C=O) groups is 4. The number of fused-ring (bicyclic) bond motifs is 1. The number of nitrogens with one attached hydrogen (secondary N) is 1. The van der Waals surface area contributed by atoms with E-state index in [2.05, 4.69) is 5.32 Å². The van der Waals surface area contributed by atoms with Crippen molar-refractivity contribution in [3.05, 3.63) is 106 Å². The fourth-order valence-electron chi connectivity index (χ4n) is 5.81. The highest BCUT2D eigenvalue weighted by atomic mass is 19.1. The SMILES string of the molecule is O=C1CCC(N2Cc3c(ccc(CN4CCN(C(c5ccc(F)cc5)c5ccc(F)cc5)C4=O)c3F)C2=O)C(=O)N1. The number of piperidine rings is 1. The van der Waals surface area contributed by atoms with E-state index in [1.807, 2.05) is 0 Å². The molecule has 2 saturated heterocycles. The summed E-state index contributed by atoms with van der Waals surface area (Å²) in [6.45, 7) is 0.417. The van der Waals surface area contributed by atoms with Gasteiger partial charge in [-0.25, -0.2) is 18.0 Å². The molecular formula is C30H25F3N4O4. The van der Waals surface area contributed by atoms with E-state index in [9.17, 15) is 28.0 Å². The maximum Gasteiger partial charge on any atom is 0.321 e. The Morgan fingerprint density at radius 2 is 1.46 bits per heavy atom. The minimum Gasteiger partial charge on any atom is -0.322 e. The minimum atomic E-state index is -0.862. The lowest BCUT2D eigenvalue weighted by Crippen LogP contribution is -2.52. The van der Waals surface area contributed by atoms with Gasteiger partial charge in [-0.05, 0) is 47.9 Å². The van der Waals surface area contributed by atoms with Crippen LogP contribution < -0.4 is 5.32 Å². The topological polar surface area (TPSA) is 90.0 Å². The van der Waals surface area contributed by atoms with E-state index in [1.165, 1.54) is 46.2 Å². The van der Waals surface area contributed by atoms with E-state index in [-0.39, 0.29) is 55.2 Å². The lowest BCUT2D eigenvalue weighted by Gasteiger charge is -2.29. The Hall–Kier alpha value is -4.67. The third-order valence-electron chi connectivity index (χ3n) is 7.90. The highest BCUT2D eigenvalue weighted by Gasteiger charge is 2.41. The lowest BCUT2D eigenvalue weighted by atomic mass is 9.97. The number of urea groups is 1. The van der Waals surface area contributed by atoms with Crippen molar-refractivity contribution in [2.24, 2.45) is 0 Å². The van der Waals surface area contributed by atoms with E-state index in [0.29, 0.717) is 17.7 Å². The maximum atomic E-state index is 15.7. The molecule has 3 aliphatic rings. The standard InChI is InChI=1S/C30H25F3N4O4/c31-20-6-1-17(2-7-20)27(18-3-8-21(32)9-4-18)36-14-13-35(30(36)41)15-19-5-10-22-23(26(19)33)16-37(29(22)40)24-11-12-25(38)34-28(24)39/h1-10,24,27H,11-16H2,(H,34,38,39). The number of hydrogen-bond donors (Lipinski definition) is 1. The van der Waals surface area contributed by atoms with Crippen molar-refractivity contribution in [3.8, 4) is 0 Å². The van der Waals surface area contributed by atoms with Crippen LogP contribution in [0.4, 0.5) is 18.0 Å². The summed E-state index contributed by atoms with van der Waals surface area (Å²) in [6, 6.07) is 12.6. The van der Waals surface area contributed by atoms with E-state index >= 15 is 4.39 Å². The van der Waals surface area contributed by atoms with Gasteiger partial charge in [-0.2, -0.15) is 0 Å². The number of carbonyl (C=O) groups excluding carboxylic acids is 4. The second-order valence-corrected chi connectivity index (χ2v) is 10.4. The second-order valence-electron chi connectivity index (χ2n) is 10.4.